The number of benzene rings is 1. The van der Waals surface area contributed by atoms with Crippen molar-refractivity contribution in [2.24, 2.45) is 5.92 Å². The zero-order valence-electron chi connectivity index (χ0n) is 11.2. The summed E-state index contributed by atoms with van der Waals surface area (Å²) < 4.78 is 26.8. The summed E-state index contributed by atoms with van der Waals surface area (Å²) in [4.78, 5) is 2.31. The molecule has 1 unspecified atom stereocenters. The van der Waals surface area contributed by atoms with Crippen LogP contribution in [-0.4, -0.2) is 30.6 Å². The number of nitrogens with one attached hydrogen (secondary N) is 1. The molecule has 2 aliphatic heterocycles. The molecule has 2 fully saturated rings. The standard InChI is InChI=1S/C15H20F2N2/c1-10(13-5-4-12(16)7-14(13)17)19-8-11-3-2-6-18-15(11)9-19/h4-5,7,10-11,15,18H,2-3,6,8-9H2,1H3/t10?,11-,15+/m0/s1. The van der Waals surface area contributed by atoms with Crippen molar-refractivity contribution < 1.29 is 8.78 Å². The first kappa shape index (κ1) is 13.0. The van der Waals surface area contributed by atoms with Gasteiger partial charge in [-0.15, -0.1) is 0 Å². The molecule has 0 saturated carbocycles. The van der Waals surface area contributed by atoms with Crippen LogP contribution in [0.25, 0.3) is 0 Å². The zero-order chi connectivity index (χ0) is 13.4. The maximum Gasteiger partial charge on any atom is 0.130 e. The first-order valence-electron chi connectivity index (χ1n) is 7.07. The highest BCUT2D eigenvalue weighted by Gasteiger charge is 2.36. The molecule has 0 bridgehead atoms. The van der Waals surface area contributed by atoms with Crippen LogP contribution in [0.4, 0.5) is 8.78 Å². The van der Waals surface area contributed by atoms with Gasteiger partial charge in [-0.2, -0.15) is 0 Å². The van der Waals surface area contributed by atoms with Gasteiger partial charge >= 0.3 is 0 Å². The van der Waals surface area contributed by atoms with E-state index in [9.17, 15) is 8.78 Å². The van der Waals surface area contributed by atoms with Crippen LogP contribution < -0.4 is 5.32 Å². The van der Waals surface area contributed by atoms with Crippen LogP contribution in [0.1, 0.15) is 31.4 Å². The molecular weight excluding hydrogens is 246 g/mol. The smallest absolute Gasteiger partial charge is 0.130 e. The fourth-order valence-electron chi connectivity index (χ4n) is 3.43. The number of rotatable bonds is 2. The number of likely N-dealkylation sites (tertiary alicyclic amines) is 1. The Bertz CT molecular complexity index is 449. The van der Waals surface area contributed by atoms with E-state index in [4.69, 9.17) is 0 Å². The van der Waals surface area contributed by atoms with Crippen molar-refractivity contribution in [3.05, 3.63) is 35.4 Å². The molecule has 0 aliphatic carbocycles. The SMILES string of the molecule is CC(c1ccc(F)cc1F)N1C[C@@H]2CCCN[C@@H]2C1. The van der Waals surface area contributed by atoms with Gasteiger partial charge in [0.15, 0.2) is 0 Å². The molecule has 3 rings (SSSR count). The van der Waals surface area contributed by atoms with Crippen molar-refractivity contribution in [3.8, 4) is 0 Å². The van der Waals surface area contributed by atoms with Gasteiger partial charge in [-0.05, 0) is 38.3 Å². The van der Waals surface area contributed by atoms with E-state index in [0.29, 0.717) is 17.5 Å². The van der Waals surface area contributed by atoms with Gasteiger partial charge in [0.2, 0.25) is 0 Å². The summed E-state index contributed by atoms with van der Waals surface area (Å²) >= 11 is 0. The lowest BCUT2D eigenvalue weighted by Crippen LogP contribution is -2.40. The molecule has 0 spiro atoms. The van der Waals surface area contributed by atoms with E-state index in [1.54, 1.807) is 6.07 Å². The van der Waals surface area contributed by atoms with E-state index < -0.39 is 11.6 Å². The van der Waals surface area contributed by atoms with E-state index in [1.807, 2.05) is 6.92 Å². The molecule has 19 heavy (non-hydrogen) atoms. The lowest BCUT2D eigenvalue weighted by atomic mass is 9.94. The summed E-state index contributed by atoms with van der Waals surface area (Å²) in [6, 6.07) is 4.45. The summed E-state index contributed by atoms with van der Waals surface area (Å²) in [6.45, 7) is 5.07. The summed E-state index contributed by atoms with van der Waals surface area (Å²) in [5, 5.41) is 3.55. The molecule has 3 atom stereocenters. The van der Waals surface area contributed by atoms with Crippen molar-refractivity contribution in [1.82, 2.24) is 10.2 Å². The Balaban J connectivity index is 1.75. The van der Waals surface area contributed by atoms with Crippen LogP contribution in [0, 0.1) is 17.6 Å². The molecule has 0 amide bonds. The predicted octanol–water partition coefficient (Wildman–Crippen LogP) is 2.71. The topological polar surface area (TPSA) is 15.3 Å². The van der Waals surface area contributed by atoms with E-state index in [2.05, 4.69) is 10.2 Å². The number of hydrogen-bond donors (Lipinski definition) is 1. The number of fused-ring (bicyclic) bond motifs is 1. The van der Waals surface area contributed by atoms with Gasteiger partial charge < -0.3 is 5.32 Å². The monoisotopic (exact) mass is 266 g/mol. The molecule has 0 radical (unpaired) electrons. The van der Waals surface area contributed by atoms with Crippen LogP contribution in [0.15, 0.2) is 18.2 Å². The fourth-order valence-corrected chi connectivity index (χ4v) is 3.43. The minimum atomic E-state index is -0.509. The van der Waals surface area contributed by atoms with Crippen molar-refractivity contribution in [2.75, 3.05) is 19.6 Å². The second-order valence-corrected chi connectivity index (χ2v) is 5.76. The summed E-state index contributed by atoms with van der Waals surface area (Å²) in [7, 11) is 0. The van der Waals surface area contributed by atoms with Crippen molar-refractivity contribution in [1.29, 1.82) is 0 Å². The van der Waals surface area contributed by atoms with Gasteiger partial charge in [0.25, 0.3) is 0 Å². The van der Waals surface area contributed by atoms with Gasteiger partial charge in [0.05, 0.1) is 0 Å². The minimum Gasteiger partial charge on any atom is -0.312 e. The number of hydrogen-bond acceptors (Lipinski definition) is 2. The highest BCUT2D eigenvalue weighted by Crippen LogP contribution is 2.32. The first-order chi connectivity index (χ1) is 9.15. The van der Waals surface area contributed by atoms with Crippen LogP contribution in [0.3, 0.4) is 0 Å². The number of piperidine rings is 1. The average Bonchev–Trinajstić information content (AvgIpc) is 2.81. The maximum atomic E-state index is 13.8. The Morgan fingerprint density at radius 3 is 2.89 bits per heavy atom. The molecule has 2 saturated heterocycles. The molecule has 1 aromatic rings. The number of nitrogens with zero attached hydrogens (tertiary/aromatic N) is 1. The van der Waals surface area contributed by atoms with Gasteiger partial charge in [0.1, 0.15) is 11.6 Å². The molecule has 2 heterocycles. The highest BCUT2D eigenvalue weighted by atomic mass is 19.1. The quantitative estimate of drug-likeness (QED) is 0.885. The second kappa shape index (κ2) is 5.17. The molecule has 1 aromatic carbocycles. The number of halogens is 2. The van der Waals surface area contributed by atoms with Gasteiger partial charge in [0, 0.05) is 36.8 Å². The van der Waals surface area contributed by atoms with Crippen LogP contribution in [-0.2, 0) is 0 Å². The molecular formula is C15H20F2N2. The first-order valence-corrected chi connectivity index (χ1v) is 7.07. The molecule has 2 aliphatic rings. The summed E-state index contributed by atoms with van der Waals surface area (Å²) in [6.07, 6.45) is 2.49. The molecule has 4 heteroatoms. The van der Waals surface area contributed by atoms with Crippen molar-refractivity contribution in [3.63, 3.8) is 0 Å². The third-order valence-corrected chi connectivity index (χ3v) is 4.59. The Morgan fingerprint density at radius 2 is 2.16 bits per heavy atom. The Labute approximate surface area is 112 Å². The Hall–Kier alpha value is -1.00. The van der Waals surface area contributed by atoms with Gasteiger partial charge in [-0.25, -0.2) is 8.78 Å². The van der Waals surface area contributed by atoms with Gasteiger partial charge in [-0.3, -0.25) is 4.90 Å². The van der Waals surface area contributed by atoms with Gasteiger partial charge in [-0.1, -0.05) is 6.07 Å². The van der Waals surface area contributed by atoms with E-state index in [0.717, 1.165) is 25.7 Å². The summed E-state index contributed by atoms with van der Waals surface area (Å²) in [5.74, 6) is -0.264. The lowest BCUT2D eigenvalue weighted by Gasteiger charge is -2.25. The fraction of sp³-hybridized carbons (Fsp3) is 0.600. The highest BCUT2D eigenvalue weighted by molar-refractivity contribution is 5.22. The molecule has 1 N–H and O–H groups in total. The molecule has 104 valence electrons. The van der Waals surface area contributed by atoms with Crippen LogP contribution in [0.2, 0.25) is 0 Å². The maximum absolute atomic E-state index is 13.8. The third-order valence-electron chi connectivity index (χ3n) is 4.59. The lowest BCUT2D eigenvalue weighted by molar-refractivity contribution is 0.245. The summed E-state index contributed by atoms with van der Waals surface area (Å²) in [5.41, 5.74) is 0.597. The van der Waals surface area contributed by atoms with Crippen LogP contribution >= 0.6 is 0 Å². The Morgan fingerprint density at radius 1 is 1.32 bits per heavy atom. The second-order valence-electron chi connectivity index (χ2n) is 5.76. The van der Waals surface area contributed by atoms with E-state index in [1.165, 1.54) is 18.9 Å². The third kappa shape index (κ3) is 2.51. The van der Waals surface area contributed by atoms with Crippen molar-refractivity contribution in [2.45, 2.75) is 31.8 Å². The normalized spacial score (nSPS) is 29.2. The molecule has 2 nitrogen and oxygen atoms in total. The van der Waals surface area contributed by atoms with Crippen molar-refractivity contribution >= 4 is 0 Å². The Kier molecular flexibility index (Phi) is 3.54. The van der Waals surface area contributed by atoms with Crippen LogP contribution in [0.5, 0.6) is 0 Å². The van der Waals surface area contributed by atoms with E-state index >= 15 is 0 Å². The predicted molar refractivity (Wildman–Crippen MR) is 70.9 cm³/mol. The molecule has 0 aromatic heterocycles. The minimum absolute atomic E-state index is 0.00741. The largest absolute Gasteiger partial charge is 0.312 e. The average molecular weight is 266 g/mol. The zero-order valence-corrected chi connectivity index (χ0v) is 11.2. The van der Waals surface area contributed by atoms with E-state index in [-0.39, 0.29) is 6.04 Å².